The molecule has 2 amide bonds. The van der Waals surface area contributed by atoms with E-state index in [2.05, 4.69) is 5.32 Å². The molecule has 7 nitrogen and oxygen atoms in total. The molecule has 0 unspecified atom stereocenters. The van der Waals surface area contributed by atoms with Gasteiger partial charge in [0, 0.05) is 41.2 Å². The number of rotatable bonds is 12. The maximum Gasteiger partial charge on any atom is 0.243 e. The van der Waals surface area contributed by atoms with E-state index < -0.39 is 16.1 Å². The average molecular weight is 597 g/mol. The van der Waals surface area contributed by atoms with Crippen LogP contribution in [0.5, 0.6) is 0 Å². The van der Waals surface area contributed by atoms with Gasteiger partial charge in [-0.25, -0.2) is 8.42 Å². The number of nitrogens with one attached hydrogen (secondary N) is 1. The van der Waals surface area contributed by atoms with Gasteiger partial charge in [0.1, 0.15) is 6.04 Å². The number of anilines is 1. The first-order valence-corrected chi connectivity index (χ1v) is 16.1. The van der Waals surface area contributed by atoms with E-state index in [0.717, 1.165) is 36.8 Å². The predicted octanol–water partition coefficient (Wildman–Crippen LogP) is 6.02. The Morgan fingerprint density at radius 2 is 1.67 bits per heavy atom. The molecule has 2 aromatic carbocycles. The van der Waals surface area contributed by atoms with Gasteiger partial charge in [0.25, 0.3) is 0 Å². The van der Waals surface area contributed by atoms with E-state index in [1.165, 1.54) is 10.6 Å². The molecule has 1 atom stereocenters. The van der Waals surface area contributed by atoms with E-state index in [4.69, 9.17) is 23.2 Å². The molecule has 1 N–H and O–H groups in total. The minimum absolute atomic E-state index is 0.0617. The number of carbonyl (C=O) groups excluding carboxylic acids is 2. The highest BCUT2D eigenvalue weighted by atomic mass is 35.5. The highest BCUT2D eigenvalue weighted by Gasteiger charge is 2.31. The van der Waals surface area contributed by atoms with Crippen molar-refractivity contribution >= 4 is 50.7 Å². The molecule has 2 aromatic rings. The Hall–Kier alpha value is -2.29. The molecule has 1 fully saturated rings. The number of hydrogen-bond acceptors (Lipinski definition) is 4. The van der Waals surface area contributed by atoms with Crippen LogP contribution < -0.4 is 9.62 Å². The molecular weight excluding hydrogens is 557 g/mol. The second-order valence-corrected chi connectivity index (χ2v) is 13.0. The van der Waals surface area contributed by atoms with Crippen LogP contribution in [0.15, 0.2) is 36.4 Å². The van der Waals surface area contributed by atoms with Gasteiger partial charge in [-0.1, -0.05) is 61.2 Å². The monoisotopic (exact) mass is 595 g/mol. The first-order chi connectivity index (χ1) is 18.4. The van der Waals surface area contributed by atoms with Crippen LogP contribution in [0.2, 0.25) is 10.0 Å². The van der Waals surface area contributed by atoms with Crippen molar-refractivity contribution in [3.8, 4) is 0 Å². The second kappa shape index (κ2) is 13.9. The molecule has 0 aliphatic heterocycles. The fourth-order valence-electron chi connectivity index (χ4n) is 5.13. The molecule has 0 spiro atoms. The molecule has 10 heteroatoms. The third kappa shape index (κ3) is 8.12. The normalized spacial score (nSPS) is 14.7. The Kier molecular flexibility index (Phi) is 11.1. The Bertz CT molecular complexity index is 1260. The van der Waals surface area contributed by atoms with Gasteiger partial charge in [-0.3, -0.25) is 13.9 Å². The van der Waals surface area contributed by atoms with Crippen molar-refractivity contribution in [2.45, 2.75) is 84.3 Å². The summed E-state index contributed by atoms with van der Waals surface area (Å²) in [5, 5.41) is 3.96. The van der Waals surface area contributed by atoms with Crippen LogP contribution >= 0.6 is 23.2 Å². The van der Waals surface area contributed by atoms with Crippen LogP contribution in [0.3, 0.4) is 0 Å². The summed E-state index contributed by atoms with van der Waals surface area (Å²) >= 11 is 12.9. The van der Waals surface area contributed by atoms with Crippen LogP contribution in [0.1, 0.15) is 68.6 Å². The smallest absolute Gasteiger partial charge is 0.243 e. The lowest BCUT2D eigenvalue weighted by molar-refractivity contribution is -0.141. The molecule has 0 saturated heterocycles. The van der Waals surface area contributed by atoms with Crippen molar-refractivity contribution in [2.75, 3.05) is 17.1 Å². The van der Waals surface area contributed by atoms with Gasteiger partial charge in [0.15, 0.2) is 0 Å². The van der Waals surface area contributed by atoms with Gasteiger partial charge in [-0.05, 0) is 68.9 Å². The fraction of sp³-hybridized carbons (Fsp3) is 0.517. The number of aryl methyl sites for hydroxylation is 1. The van der Waals surface area contributed by atoms with Crippen LogP contribution in [0.4, 0.5) is 5.69 Å². The van der Waals surface area contributed by atoms with Crippen molar-refractivity contribution in [2.24, 2.45) is 0 Å². The topological polar surface area (TPSA) is 86.8 Å². The molecule has 0 heterocycles. The fourth-order valence-corrected chi connectivity index (χ4v) is 6.66. The summed E-state index contributed by atoms with van der Waals surface area (Å²) in [6, 6.07) is 10.1. The van der Waals surface area contributed by atoms with Gasteiger partial charge in [0.05, 0.1) is 11.9 Å². The van der Waals surface area contributed by atoms with Crippen molar-refractivity contribution in [3.05, 3.63) is 63.1 Å². The Morgan fingerprint density at radius 1 is 1.05 bits per heavy atom. The van der Waals surface area contributed by atoms with Crippen LogP contribution in [0.25, 0.3) is 0 Å². The highest BCUT2D eigenvalue weighted by Crippen LogP contribution is 2.29. The van der Waals surface area contributed by atoms with Gasteiger partial charge in [-0.15, -0.1) is 0 Å². The van der Waals surface area contributed by atoms with Crippen LogP contribution in [-0.4, -0.2) is 50.0 Å². The van der Waals surface area contributed by atoms with E-state index >= 15 is 0 Å². The van der Waals surface area contributed by atoms with E-state index in [1.807, 2.05) is 32.9 Å². The molecule has 1 aliphatic carbocycles. The number of carbonyl (C=O) groups is 2. The summed E-state index contributed by atoms with van der Waals surface area (Å²) in [7, 11) is -3.57. The lowest BCUT2D eigenvalue weighted by Crippen LogP contribution is -2.51. The van der Waals surface area contributed by atoms with Gasteiger partial charge < -0.3 is 10.2 Å². The Labute approximate surface area is 242 Å². The van der Waals surface area contributed by atoms with Gasteiger partial charge in [0.2, 0.25) is 21.8 Å². The molecule has 0 bridgehead atoms. The van der Waals surface area contributed by atoms with E-state index in [1.54, 1.807) is 29.2 Å². The summed E-state index contributed by atoms with van der Waals surface area (Å²) in [6.45, 7) is 5.92. The van der Waals surface area contributed by atoms with E-state index in [-0.39, 0.29) is 43.8 Å². The van der Waals surface area contributed by atoms with Crippen molar-refractivity contribution in [3.63, 3.8) is 0 Å². The third-order valence-corrected chi connectivity index (χ3v) is 9.36. The van der Waals surface area contributed by atoms with Crippen molar-refractivity contribution in [1.82, 2.24) is 10.2 Å². The van der Waals surface area contributed by atoms with Gasteiger partial charge in [-0.2, -0.15) is 0 Å². The molecule has 3 rings (SSSR count). The predicted molar refractivity (Wildman–Crippen MR) is 159 cm³/mol. The number of benzene rings is 2. The number of nitrogens with zero attached hydrogens (tertiary/aromatic N) is 2. The largest absolute Gasteiger partial charge is 0.352 e. The summed E-state index contributed by atoms with van der Waals surface area (Å²) in [4.78, 5) is 28.6. The highest BCUT2D eigenvalue weighted by molar-refractivity contribution is 7.92. The summed E-state index contributed by atoms with van der Waals surface area (Å²) < 4.78 is 26.7. The lowest BCUT2D eigenvalue weighted by atomic mass is 10.1. The van der Waals surface area contributed by atoms with E-state index in [9.17, 15) is 18.0 Å². The maximum atomic E-state index is 13.7. The zero-order chi connectivity index (χ0) is 28.7. The lowest BCUT2D eigenvalue weighted by Gasteiger charge is -2.32. The number of hydrogen-bond donors (Lipinski definition) is 1. The SMILES string of the molecule is CC[C@@H](C(=O)NC1CCCC1)N(Cc1c(Cl)cccc1Cl)C(=O)CCCN(c1cccc(C)c1C)S(C)(=O)=O. The molecule has 0 radical (unpaired) electrons. The first kappa shape index (κ1) is 31.2. The third-order valence-electron chi connectivity index (χ3n) is 7.47. The number of amides is 2. The zero-order valence-electron chi connectivity index (χ0n) is 23.2. The molecule has 214 valence electrons. The number of sulfonamides is 1. The van der Waals surface area contributed by atoms with Crippen molar-refractivity contribution < 1.29 is 18.0 Å². The molecular formula is C29H39Cl2N3O4S. The molecule has 0 aromatic heterocycles. The first-order valence-electron chi connectivity index (χ1n) is 13.5. The standard InChI is InChI=1S/C29H39Cl2N3O4S/c1-5-26(29(36)32-22-12-6-7-13-22)33(19-23-24(30)14-9-15-25(23)31)28(35)17-10-18-34(39(4,37)38)27-16-8-11-20(2)21(27)3/h8-9,11,14-16,22,26H,5-7,10,12-13,17-19H2,1-4H3,(H,32,36)/t26-/m0/s1. The summed E-state index contributed by atoms with van der Waals surface area (Å²) in [5.41, 5.74) is 3.04. The Morgan fingerprint density at radius 3 is 2.26 bits per heavy atom. The Balaban J connectivity index is 1.82. The molecule has 1 aliphatic rings. The summed E-state index contributed by atoms with van der Waals surface area (Å²) in [5.74, 6) is -0.442. The van der Waals surface area contributed by atoms with E-state index in [0.29, 0.717) is 27.7 Å². The maximum absolute atomic E-state index is 13.7. The zero-order valence-corrected chi connectivity index (χ0v) is 25.5. The number of halogens is 2. The summed E-state index contributed by atoms with van der Waals surface area (Å²) in [6.07, 6.45) is 5.97. The molecule has 39 heavy (non-hydrogen) atoms. The second-order valence-electron chi connectivity index (χ2n) is 10.3. The quantitative estimate of drug-likeness (QED) is 0.325. The van der Waals surface area contributed by atoms with Crippen LogP contribution in [-0.2, 0) is 26.2 Å². The van der Waals surface area contributed by atoms with Gasteiger partial charge >= 0.3 is 0 Å². The van der Waals surface area contributed by atoms with Crippen molar-refractivity contribution in [1.29, 1.82) is 0 Å². The minimum Gasteiger partial charge on any atom is -0.352 e. The average Bonchev–Trinajstić information content (AvgIpc) is 3.37. The molecule has 1 saturated carbocycles. The van der Waals surface area contributed by atoms with Crippen LogP contribution in [0, 0.1) is 13.8 Å². The minimum atomic E-state index is -3.57.